The lowest BCUT2D eigenvalue weighted by molar-refractivity contribution is 0.164. The van der Waals surface area contributed by atoms with Gasteiger partial charge in [0, 0.05) is 0 Å². The largest absolute Gasteiger partial charge is 0.393 e. The third kappa shape index (κ3) is 3.55. The van der Waals surface area contributed by atoms with E-state index in [1.54, 1.807) is 6.07 Å². The van der Waals surface area contributed by atoms with Gasteiger partial charge in [0.2, 0.25) is 0 Å². The summed E-state index contributed by atoms with van der Waals surface area (Å²) in [6.45, 7) is 2.02. The first-order valence-corrected chi connectivity index (χ1v) is 4.65. The molecule has 72 valence electrons. The average molecular weight is 182 g/mol. The van der Waals surface area contributed by atoms with Crippen molar-refractivity contribution in [3.05, 3.63) is 35.6 Å². The Bertz CT molecular complexity index is 260. The van der Waals surface area contributed by atoms with Crippen LogP contribution in [0.25, 0.3) is 0 Å². The minimum Gasteiger partial charge on any atom is -0.393 e. The average Bonchev–Trinajstić information content (AvgIpc) is 2.04. The number of halogens is 1. The van der Waals surface area contributed by atoms with Gasteiger partial charge in [-0.2, -0.15) is 0 Å². The van der Waals surface area contributed by atoms with Crippen LogP contribution in [0.15, 0.2) is 24.3 Å². The molecular formula is C11H15FO. The number of rotatable bonds is 4. The molecular weight excluding hydrogens is 167 g/mol. The molecule has 1 rings (SSSR count). The highest BCUT2D eigenvalue weighted by molar-refractivity contribution is 5.16. The highest BCUT2D eigenvalue weighted by atomic mass is 19.1. The van der Waals surface area contributed by atoms with Crippen LogP contribution in [0, 0.1) is 5.82 Å². The Labute approximate surface area is 78.2 Å². The summed E-state index contributed by atoms with van der Waals surface area (Å²) in [4.78, 5) is 0. The molecule has 0 amide bonds. The van der Waals surface area contributed by atoms with E-state index in [1.165, 1.54) is 12.1 Å². The van der Waals surface area contributed by atoms with Gasteiger partial charge in [0.15, 0.2) is 0 Å². The summed E-state index contributed by atoms with van der Waals surface area (Å²) in [5.74, 6) is -0.235. The Morgan fingerprint density at radius 1 is 1.46 bits per heavy atom. The van der Waals surface area contributed by atoms with Crippen molar-refractivity contribution in [1.82, 2.24) is 0 Å². The van der Waals surface area contributed by atoms with E-state index in [0.717, 1.165) is 18.4 Å². The first-order valence-electron chi connectivity index (χ1n) is 4.65. The van der Waals surface area contributed by atoms with E-state index in [-0.39, 0.29) is 11.9 Å². The molecule has 0 aromatic heterocycles. The summed E-state index contributed by atoms with van der Waals surface area (Å²) < 4.78 is 12.7. The molecule has 0 saturated heterocycles. The lowest BCUT2D eigenvalue weighted by Crippen LogP contribution is -2.09. The molecule has 1 aromatic rings. The van der Waals surface area contributed by atoms with Crippen molar-refractivity contribution in [3.63, 3.8) is 0 Å². The second-order valence-electron chi connectivity index (χ2n) is 3.28. The van der Waals surface area contributed by atoms with Crippen LogP contribution < -0.4 is 0 Å². The van der Waals surface area contributed by atoms with Gasteiger partial charge in [-0.05, 0) is 30.5 Å². The molecule has 0 fully saturated rings. The fourth-order valence-electron chi connectivity index (χ4n) is 1.37. The number of aliphatic hydroxyl groups excluding tert-OH is 1. The molecule has 0 aliphatic carbocycles. The van der Waals surface area contributed by atoms with Crippen molar-refractivity contribution in [2.75, 3.05) is 0 Å². The van der Waals surface area contributed by atoms with Gasteiger partial charge in [0.05, 0.1) is 6.10 Å². The van der Waals surface area contributed by atoms with Gasteiger partial charge in [0.1, 0.15) is 5.82 Å². The minimum absolute atomic E-state index is 0.235. The third-order valence-corrected chi connectivity index (χ3v) is 1.98. The van der Waals surface area contributed by atoms with Gasteiger partial charge in [-0.25, -0.2) is 4.39 Å². The monoisotopic (exact) mass is 182 g/mol. The Morgan fingerprint density at radius 3 is 2.85 bits per heavy atom. The molecule has 0 spiro atoms. The fraction of sp³-hybridized carbons (Fsp3) is 0.455. The number of hydrogen-bond acceptors (Lipinski definition) is 1. The van der Waals surface area contributed by atoms with E-state index in [9.17, 15) is 9.50 Å². The zero-order valence-electron chi connectivity index (χ0n) is 7.83. The van der Waals surface area contributed by atoms with Crippen LogP contribution in [0.2, 0.25) is 0 Å². The smallest absolute Gasteiger partial charge is 0.123 e. The van der Waals surface area contributed by atoms with Crippen LogP contribution in [0.3, 0.4) is 0 Å². The van der Waals surface area contributed by atoms with Gasteiger partial charge in [-0.15, -0.1) is 0 Å². The molecule has 0 unspecified atom stereocenters. The minimum atomic E-state index is -0.341. The van der Waals surface area contributed by atoms with E-state index in [1.807, 2.05) is 13.0 Å². The van der Waals surface area contributed by atoms with Crippen LogP contribution in [-0.4, -0.2) is 11.2 Å². The normalized spacial score (nSPS) is 12.8. The molecule has 1 aromatic carbocycles. The topological polar surface area (TPSA) is 20.2 Å². The molecule has 2 heteroatoms. The first-order chi connectivity index (χ1) is 6.22. The molecule has 0 bridgehead atoms. The van der Waals surface area contributed by atoms with Gasteiger partial charge < -0.3 is 5.11 Å². The highest BCUT2D eigenvalue weighted by Crippen LogP contribution is 2.09. The predicted molar refractivity (Wildman–Crippen MR) is 51.0 cm³/mol. The number of benzene rings is 1. The second kappa shape index (κ2) is 4.97. The van der Waals surface area contributed by atoms with Crippen molar-refractivity contribution in [1.29, 1.82) is 0 Å². The molecule has 0 saturated carbocycles. The van der Waals surface area contributed by atoms with Crippen molar-refractivity contribution in [2.24, 2.45) is 0 Å². The van der Waals surface area contributed by atoms with Gasteiger partial charge >= 0.3 is 0 Å². The lowest BCUT2D eigenvalue weighted by atomic mass is 10.0. The molecule has 0 aliphatic rings. The zero-order chi connectivity index (χ0) is 9.68. The molecule has 1 N–H and O–H groups in total. The SMILES string of the molecule is CCC[C@H](O)Cc1cccc(F)c1. The maximum absolute atomic E-state index is 12.7. The fourth-order valence-corrected chi connectivity index (χ4v) is 1.37. The molecule has 0 aliphatic heterocycles. The summed E-state index contributed by atoms with van der Waals surface area (Å²) in [5.41, 5.74) is 0.862. The number of hydrogen-bond donors (Lipinski definition) is 1. The quantitative estimate of drug-likeness (QED) is 0.758. The molecule has 13 heavy (non-hydrogen) atoms. The predicted octanol–water partition coefficient (Wildman–Crippen LogP) is 2.53. The summed E-state index contributed by atoms with van der Waals surface area (Å²) >= 11 is 0. The third-order valence-electron chi connectivity index (χ3n) is 1.98. The Hall–Kier alpha value is -0.890. The maximum atomic E-state index is 12.7. The second-order valence-corrected chi connectivity index (χ2v) is 3.28. The van der Waals surface area contributed by atoms with Crippen molar-refractivity contribution in [2.45, 2.75) is 32.3 Å². The van der Waals surface area contributed by atoms with Crippen LogP contribution in [0.4, 0.5) is 4.39 Å². The van der Waals surface area contributed by atoms with Crippen molar-refractivity contribution >= 4 is 0 Å². The van der Waals surface area contributed by atoms with E-state index in [4.69, 9.17) is 0 Å². The van der Waals surface area contributed by atoms with Gasteiger partial charge in [-0.3, -0.25) is 0 Å². The van der Waals surface area contributed by atoms with Crippen LogP contribution in [-0.2, 0) is 6.42 Å². The lowest BCUT2D eigenvalue weighted by Gasteiger charge is -2.08. The van der Waals surface area contributed by atoms with Crippen LogP contribution in [0.1, 0.15) is 25.3 Å². The summed E-state index contributed by atoms with van der Waals surface area (Å²) in [6.07, 6.45) is 1.94. The van der Waals surface area contributed by atoms with E-state index in [0.29, 0.717) is 6.42 Å². The van der Waals surface area contributed by atoms with E-state index >= 15 is 0 Å². The van der Waals surface area contributed by atoms with E-state index in [2.05, 4.69) is 0 Å². The van der Waals surface area contributed by atoms with Crippen molar-refractivity contribution < 1.29 is 9.50 Å². The van der Waals surface area contributed by atoms with E-state index < -0.39 is 0 Å². The Kier molecular flexibility index (Phi) is 3.90. The highest BCUT2D eigenvalue weighted by Gasteiger charge is 2.04. The standard InChI is InChI=1S/C11H15FO/c1-2-4-11(13)8-9-5-3-6-10(12)7-9/h3,5-7,11,13H,2,4,8H2,1H3/t11-/m0/s1. The zero-order valence-corrected chi connectivity index (χ0v) is 7.83. The summed E-state index contributed by atoms with van der Waals surface area (Å²) in [5, 5.41) is 9.47. The Morgan fingerprint density at radius 2 is 2.23 bits per heavy atom. The van der Waals surface area contributed by atoms with Crippen LogP contribution >= 0.6 is 0 Å². The van der Waals surface area contributed by atoms with Gasteiger partial charge in [0.25, 0.3) is 0 Å². The summed E-state index contributed by atoms with van der Waals surface area (Å²) in [7, 11) is 0. The maximum Gasteiger partial charge on any atom is 0.123 e. The molecule has 0 heterocycles. The van der Waals surface area contributed by atoms with Crippen LogP contribution in [0.5, 0.6) is 0 Å². The van der Waals surface area contributed by atoms with Gasteiger partial charge in [-0.1, -0.05) is 25.5 Å². The van der Waals surface area contributed by atoms with Crippen molar-refractivity contribution in [3.8, 4) is 0 Å². The molecule has 0 radical (unpaired) electrons. The summed E-state index contributed by atoms with van der Waals surface area (Å²) in [6, 6.07) is 6.39. The molecule has 1 atom stereocenters. The molecule has 1 nitrogen and oxygen atoms in total. The Balaban J connectivity index is 2.53. The first kappa shape index (κ1) is 10.2. The number of aliphatic hydroxyl groups is 1.